The lowest BCUT2D eigenvalue weighted by Gasteiger charge is -2.17. The molecular formula is C35H35N3O4S. The first-order valence-corrected chi connectivity index (χ1v) is 14.8. The third kappa shape index (κ3) is 8.59. The Morgan fingerprint density at radius 3 is 2.37 bits per heavy atom. The molecule has 0 spiro atoms. The summed E-state index contributed by atoms with van der Waals surface area (Å²) in [7, 11) is 1.56. The molecule has 220 valence electrons. The summed E-state index contributed by atoms with van der Waals surface area (Å²) >= 11 is 1.39. The zero-order chi connectivity index (χ0) is 30.8. The Bertz CT molecular complexity index is 1640. The highest BCUT2D eigenvalue weighted by molar-refractivity contribution is 8.00. The molecule has 0 radical (unpaired) electrons. The van der Waals surface area contributed by atoms with Crippen molar-refractivity contribution in [1.82, 2.24) is 5.32 Å². The number of rotatable bonds is 11. The minimum atomic E-state index is -0.494. The van der Waals surface area contributed by atoms with Crippen LogP contribution in [0.4, 0.5) is 11.4 Å². The van der Waals surface area contributed by atoms with Crippen LogP contribution in [-0.2, 0) is 16.0 Å². The Morgan fingerprint density at radius 2 is 1.63 bits per heavy atom. The Balaban J connectivity index is 1.50. The van der Waals surface area contributed by atoms with E-state index >= 15 is 0 Å². The maximum absolute atomic E-state index is 13.5. The Kier molecular flexibility index (Phi) is 10.8. The number of para-hydroxylation sites is 1. The maximum Gasteiger partial charge on any atom is 0.272 e. The van der Waals surface area contributed by atoms with Crippen molar-refractivity contribution in [1.29, 1.82) is 0 Å². The second-order valence-electron chi connectivity index (χ2n) is 9.85. The van der Waals surface area contributed by atoms with E-state index in [4.69, 9.17) is 4.74 Å². The van der Waals surface area contributed by atoms with Crippen molar-refractivity contribution in [3.63, 3.8) is 0 Å². The molecule has 0 aliphatic carbocycles. The molecule has 3 amide bonds. The van der Waals surface area contributed by atoms with Crippen LogP contribution in [0.5, 0.6) is 5.75 Å². The first-order valence-electron chi connectivity index (χ1n) is 14.0. The summed E-state index contributed by atoms with van der Waals surface area (Å²) in [5.41, 5.74) is 4.67. The lowest BCUT2D eigenvalue weighted by Crippen LogP contribution is -2.30. The van der Waals surface area contributed by atoms with Crippen molar-refractivity contribution in [3.8, 4) is 5.75 Å². The molecule has 0 aliphatic heterocycles. The van der Waals surface area contributed by atoms with E-state index in [0.717, 1.165) is 28.1 Å². The summed E-state index contributed by atoms with van der Waals surface area (Å²) in [6, 6.07) is 29.1. The predicted octanol–water partition coefficient (Wildman–Crippen LogP) is 7.09. The number of amides is 3. The van der Waals surface area contributed by atoms with E-state index < -0.39 is 11.8 Å². The molecule has 4 aromatic carbocycles. The van der Waals surface area contributed by atoms with Crippen molar-refractivity contribution in [3.05, 3.63) is 125 Å². The highest BCUT2D eigenvalue weighted by atomic mass is 32.2. The number of methoxy groups -OCH3 is 1. The van der Waals surface area contributed by atoms with Crippen LogP contribution in [0, 0.1) is 6.92 Å². The fourth-order valence-corrected chi connectivity index (χ4v) is 5.30. The lowest BCUT2D eigenvalue weighted by molar-refractivity contribution is -0.115. The van der Waals surface area contributed by atoms with Crippen molar-refractivity contribution in [2.75, 3.05) is 17.7 Å². The number of thioether (sulfide) groups is 1. The summed E-state index contributed by atoms with van der Waals surface area (Å²) in [4.78, 5) is 40.3. The summed E-state index contributed by atoms with van der Waals surface area (Å²) in [6.07, 6.45) is 2.42. The van der Waals surface area contributed by atoms with Gasteiger partial charge in [0.05, 0.1) is 12.4 Å². The SMILES string of the molecule is CCc1cccc(C)c1NC(=O)C(C)Sc1cccc(NC(=O)/C(=C/c2cccc(OC)c2)NC(=O)c2ccccc2)c1. The van der Waals surface area contributed by atoms with Crippen molar-refractivity contribution >= 4 is 46.9 Å². The smallest absolute Gasteiger partial charge is 0.272 e. The summed E-state index contributed by atoms with van der Waals surface area (Å²) in [6.45, 7) is 5.90. The van der Waals surface area contributed by atoms with E-state index in [2.05, 4.69) is 22.9 Å². The van der Waals surface area contributed by atoms with E-state index in [1.54, 1.807) is 67.8 Å². The Labute approximate surface area is 256 Å². The van der Waals surface area contributed by atoms with Crippen molar-refractivity contribution in [2.45, 2.75) is 37.3 Å². The average Bonchev–Trinajstić information content (AvgIpc) is 3.02. The number of anilines is 2. The van der Waals surface area contributed by atoms with Crippen LogP contribution in [0.25, 0.3) is 6.08 Å². The van der Waals surface area contributed by atoms with Gasteiger partial charge < -0.3 is 20.7 Å². The number of benzene rings is 4. The van der Waals surface area contributed by atoms with Crippen LogP contribution in [0.3, 0.4) is 0 Å². The number of ether oxygens (including phenoxy) is 1. The Morgan fingerprint density at radius 1 is 0.884 bits per heavy atom. The van der Waals surface area contributed by atoms with E-state index in [1.165, 1.54) is 11.8 Å². The van der Waals surface area contributed by atoms with Gasteiger partial charge in [-0.3, -0.25) is 14.4 Å². The first-order chi connectivity index (χ1) is 20.8. The molecule has 7 nitrogen and oxygen atoms in total. The van der Waals surface area contributed by atoms with Gasteiger partial charge in [0.15, 0.2) is 0 Å². The largest absolute Gasteiger partial charge is 0.497 e. The zero-order valence-corrected chi connectivity index (χ0v) is 25.5. The molecule has 0 bridgehead atoms. The molecule has 0 aliphatic rings. The monoisotopic (exact) mass is 593 g/mol. The third-order valence-corrected chi connectivity index (χ3v) is 7.79. The summed E-state index contributed by atoms with van der Waals surface area (Å²) in [5, 5.41) is 8.34. The number of carbonyl (C=O) groups excluding carboxylic acids is 3. The van der Waals surface area contributed by atoms with Gasteiger partial charge in [-0.2, -0.15) is 0 Å². The van der Waals surface area contributed by atoms with E-state index in [-0.39, 0.29) is 16.9 Å². The molecule has 3 N–H and O–H groups in total. The van der Waals surface area contributed by atoms with Crippen LogP contribution in [-0.4, -0.2) is 30.1 Å². The van der Waals surface area contributed by atoms with Crippen molar-refractivity contribution < 1.29 is 19.1 Å². The molecule has 0 saturated heterocycles. The quantitative estimate of drug-likeness (QED) is 0.127. The molecule has 43 heavy (non-hydrogen) atoms. The fraction of sp³-hybridized carbons (Fsp3) is 0.171. The van der Waals surface area contributed by atoms with Gasteiger partial charge in [0, 0.05) is 21.8 Å². The topological polar surface area (TPSA) is 96.5 Å². The van der Waals surface area contributed by atoms with Gasteiger partial charge in [-0.05, 0) is 85.5 Å². The molecule has 0 fully saturated rings. The summed E-state index contributed by atoms with van der Waals surface area (Å²) in [5.74, 6) is -0.379. The number of nitrogens with one attached hydrogen (secondary N) is 3. The fourth-order valence-electron chi connectivity index (χ4n) is 4.37. The minimum absolute atomic E-state index is 0.0675. The maximum atomic E-state index is 13.5. The molecule has 0 saturated carbocycles. The van der Waals surface area contributed by atoms with Crippen LogP contribution in [0.1, 0.15) is 40.9 Å². The Hall–Kier alpha value is -4.82. The normalized spacial score (nSPS) is 11.8. The molecular weight excluding hydrogens is 558 g/mol. The summed E-state index contributed by atoms with van der Waals surface area (Å²) < 4.78 is 5.31. The highest BCUT2D eigenvalue weighted by Gasteiger charge is 2.19. The standard InChI is InChI=1S/C35H35N3O4S/c1-5-26-16-9-12-23(2)32(26)38-33(39)24(3)43-30-19-11-17-28(22-30)36-35(41)31(21-25-13-10-18-29(20-25)42-4)37-34(40)27-14-7-6-8-15-27/h6-22,24H,5H2,1-4H3,(H,36,41)(H,37,40)(H,38,39)/b31-21-. The second kappa shape index (κ2) is 14.9. The van der Waals surface area contributed by atoms with E-state index in [1.807, 2.05) is 56.3 Å². The van der Waals surface area contributed by atoms with Crippen LogP contribution in [0.2, 0.25) is 0 Å². The number of carbonyl (C=O) groups is 3. The van der Waals surface area contributed by atoms with Crippen LogP contribution in [0.15, 0.2) is 108 Å². The number of hydrogen-bond donors (Lipinski definition) is 3. The second-order valence-corrected chi connectivity index (χ2v) is 11.3. The van der Waals surface area contributed by atoms with Gasteiger partial charge in [-0.1, -0.05) is 61.5 Å². The predicted molar refractivity (Wildman–Crippen MR) is 174 cm³/mol. The average molecular weight is 594 g/mol. The third-order valence-electron chi connectivity index (χ3n) is 6.70. The molecule has 8 heteroatoms. The van der Waals surface area contributed by atoms with Crippen molar-refractivity contribution in [2.24, 2.45) is 0 Å². The number of aryl methyl sites for hydroxylation is 2. The molecule has 4 rings (SSSR count). The highest BCUT2D eigenvalue weighted by Crippen LogP contribution is 2.28. The molecule has 0 heterocycles. The van der Waals surface area contributed by atoms with Crippen LogP contribution < -0.4 is 20.7 Å². The van der Waals surface area contributed by atoms with Crippen LogP contribution >= 0.6 is 11.8 Å². The molecule has 4 aromatic rings. The van der Waals surface area contributed by atoms with Gasteiger partial charge in [0.1, 0.15) is 11.4 Å². The van der Waals surface area contributed by atoms with Gasteiger partial charge in [-0.15, -0.1) is 11.8 Å². The van der Waals surface area contributed by atoms with Gasteiger partial charge in [0.2, 0.25) is 5.91 Å². The molecule has 0 aromatic heterocycles. The van der Waals surface area contributed by atoms with Gasteiger partial charge >= 0.3 is 0 Å². The lowest BCUT2D eigenvalue weighted by atomic mass is 10.1. The molecule has 1 atom stereocenters. The van der Waals surface area contributed by atoms with E-state index in [0.29, 0.717) is 22.6 Å². The van der Waals surface area contributed by atoms with Gasteiger partial charge in [0.25, 0.3) is 11.8 Å². The van der Waals surface area contributed by atoms with Gasteiger partial charge in [-0.25, -0.2) is 0 Å². The molecule has 1 unspecified atom stereocenters. The van der Waals surface area contributed by atoms with E-state index in [9.17, 15) is 14.4 Å². The minimum Gasteiger partial charge on any atom is -0.497 e. The first kappa shape index (κ1) is 31.1. The number of hydrogen-bond acceptors (Lipinski definition) is 5. The zero-order valence-electron chi connectivity index (χ0n) is 24.6.